The zero-order valence-corrected chi connectivity index (χ0v) is 44.0. The van der Waals surface area contributed by atoms with Crippen LogP contribution in [0.3, 0.4) is 0 Å². The molecule has 2 aromatic heterocycles. The standard InChI is InChI=1S/C27H26P2.2C6H6N2O.2C3H6O.2CHF3O3S.Pd/c1-5-14-24(15-6-1)28(25-16-7-2-8-17-25)22-13-23-29(26-18-9-3-10-19-26)27-20-11-4-12-21-27;2*7-6(9)5-2-1-3-8-4-5;2*1-3(2)4;2*2-1(3,4)8(5,6)7;/h1-12,14-21H,13,22-23H2;2*1-4H,(H2,7,9);2*1-2H3;2*(H,5,6,7);/q;;;;;;;+2. The zero-order valence-electron chi connectivity index (χ0n) is 38.8. The van der Waals surface area contributed by atoms with Crippen LogP contribution >= 0.6 is 15.8 Å². The Morgan fingerprint density at radius 3 is 0.819 bits per heavy atom. The summed E-state index contributed by atoms with van der Waals surface area (Å²) < 4.78 is 118. The van der Waals surface area contributed by atoms with Crippen molar-refractivity contribution in [3.05, 3.63) is 182 Å². The Balaban J connectivity index is 0. The Morgan fingerprint density at radius 1 is 0.472 bits per heavy atom. The first kappa shape index (κ1) is 68.5. The number of nitrogens with two attached hydrogens (primary N) is 2. The summed E-state index contributed by atoms with van der Waals surface area (Å²) in [7, 11) is -13.7. The maximum Gasteiger partial charge on any atom is 2.00 e. The molecule has 2 amide bonds. The fourth-order valence-corrected chi connectivity index (χ4v) is 10.5. The Bertz CT molecular complexity index is 2420. The summed E-state index contributed by atoms with van der Waals surface area (Å²) in [6, 6.07) is 51.1. The van der Waals surface area contributed by atoms with Gasteiger partial charge in [0.15, 0.2) is 20.2 Å². The van der Waals surface area contributed by atoms with Gasteiger partial charge in [-0.3, -0.25) is 19.6 Å². The van der Waals surface area contributed by atoms with E-state index in [1.165, 1.54) is 80.1 Å². The molecule has 4 aromatic carbocycles. The molecule has 0 saturated carbocycles. The van der Waals surface area contributed by atoms with E-state index in [1.54, 1.807) is 36.7 Å². The van der Waals surface area contributed by atoms with Crippen molar-refractivity contribution >= 4 is 80.7 Å². The first-order valence-corrected chi connectivity index (χ1v) is 26.5. The third-order valence-corrected chi connectivity index (χ3v) is 14.8. The van der Waals surface area contributed by atoms with E-state index >= 15 is 0 Å². The number of Topliss-reactive ketones (excluding diaryl/α,β-unsaturated/α-hetero) is 2. The van der Waals surface area contributed by atoms with Crippen molar-refractivity contribution in [2.75, 3.05) is 12.3 Å². The number of carbonyl (C=O) groups is 4. The van der Waals surface area contributed by atoms with Gasteiger partial charge in [-0.05, 0) is 100 Å². The Morgan fingerprint density at radius 2 is 0.681 bits per heavy atom. The number of rotatable bonds is 10. The van der Waals surface area contributed by atoms with Crippen molar-refractivity contribution < 1.29 is 91.9 Å². The molecule has 0 atom stereocenters. The van der Waals surface area contributed by atoms with Crippen LogP contribution in [0.1, 0.15) is 54.8 Å². The van der Waals surface area contributed by atoms with E-state index in [0.717, 1.165) is 0 Å². The summed E-state index contributed by atoms with van der Waals surface area (Å²) in [5.41, 5.74) is -0.538. The third kappa shape index (κ3) is 31.7. The molecule has 0 saturated heterocycles. The van der Waals surface area contributed by atoms with E-state index < -0.39 is 58.9 Å². The second-order valence-electron chi connectivity index (χ2n) is 14.1. The molecule has 72 heavy (non-hydrogen) atoms. The summed E-state index contributed by atoms with van der Waals surface area (Å²) in [6.45, 7) is 6.11. The number of amides is 2. The second kappa shape index (κ2) is 35.5. The summed E-state index contributed by atoms with van der Waals surface area (Å²) >= 11 is 0. The van der Waals surface area contributed by atoms with Gasteiger partial charge in [0.1, 0.15) is 11.6 Å². The smallest absolute Gasteiger partial charge is 0.741 e. The van der Waals surface area contributed by atoms with Gasteiger partial charge in [-0.15, -0.1) is 0 Å². The number of pyridine rings is 2. The van der Waals surface area contributed by atoms with Crippen LogP contribution in [0.25, 0.3) is 0 Å². The summed E-state index contributed by atoms with van der Waals surface area (Å²) in [5, 5.41) is 6.10. The van der Waals surface area contributed by atoms with Crippen molar-refractivity contribution in [2.24, 2.45) is 11.5 Å². The van der Waals surface area contributed by atoms with Gasteiger partial charge in [0.05, 0.1) is 60.5 Å². The van der Waals surface area contributed by atoms with E-state index in [1.807, 2.05) is 0 Å². The predicted molar refractivity (Wildman–Crippen MR) is 265 cm³/mol. The number of carbonyl (C=O) groups excluding carboxylic acids is 4. The van der Waals surface area contributed by atoms with Gasteiger partial charge in [0, 0.05) is 31.2 Å². The van der Waals surface area contributed by atoms with E-state index in [2.05, 4.69) is 131 Å². The third-order valence-electron chi connectivity index (χ3n) is 7.80. The van der Waals surface area contributed by atoms with Gasteiger partial charge < -0.3 is 30.2 Å². The fraction of sp³-hybridized carbons (Fsp3) is 0.191. The summed E-state index contributed by atoms with van der Waals surface area (Å²) in [5.74, 6) is -0.550. The van der Waals surface area contributed by atoms with Gasteiger partial charge in [-0.25, -0.2) is 16.8 Å². The Labute approximate surface area is 430 Å². The van der Waals surface area contributed by atoms with Crippen LogP contribution in [0.4, 0.5) is 26.3 Å². The fourth-order valence-electron chi connectivity index (χ4n) is 4.93. The normalized spacial score (nSPS) is 10.5. The van der Waals surface area contributed by atoms with Crippen LogP contribution in [0.5, 0.6) is 0 Å². The van der Waals surface area contributed by atoms with Gasteiger partial charge in [-0.1, -0.05) is 72.8 Å². The quantitative estimate of drug-likeness (QED) is 0.0474. The molecular formula is C47H52F6N4O10P2PdS2+2. The van der Waals surface area contributed by atoms with Crippen molar-refractivity contribution in [3.8, 4) is 0 Å². The molecule has 4 N–H and O–H groups in total. The maximum atomic E-state index is 10.7. The van der Waals surface area contributed by atoms with Crippen LogP contribution in [0.15, 0.2) is 170 Å². The molecule has 6 aromatic rings. The number of halogens is 6. The average molecular weight is 1180 g/mol. The first-order valence-electron chi connectivity index (χ1n) is 20.3. The Kier molecular flexibility index (Phi) is 33.7. The van der Waals surface area contributed by atoms with Crippen LogP contribution in [0.2, 0.25) is 0 Å². The van der Waals surface area contributed by atoms with Crippen molar-refractivity contribution in [1.29, 1.82) is 0 Å². The number of hydrogen-bond donors (Lipinski definition) is 2. The monoisotopic (exact) mass is 1180 g/mol. The number of nitrogens with zero attached hydrogens (tertiary/aromatic N) is 2. The molecule has 0 bridgehead atoms. The molecule has 2 heterocycles. The minimum absolute atomic E-state index is 0. The molecule has 0 aliphatic carbocycles. The molecule has 0 aliphatic heterocycles. The van der Waals surface area contributed by atoms with Crippen molar-refractivity contribution in [2.45, 2.75) is 45.1 Å². The molecule has 14 nitrogen and oxygen atoms in total. The SMILES string of the molecule is CC(C)=O.CC(C)=O.NC(=O)c1cccnc1.NC(=O)c1cccnc1.O=S(=O)([O-])C(F)(F)F.O=S(=O)([O-])C(F)(F)F.[Pd+2].c1ccc([PH+](CCC[PH+](c2ccccc2)c2ccccc2)c2ccccc2)cc1. The Hall–Kier alpha value is -5.62. The number of primary amides is 2. The minimum atomic E-state index is -6.09. The van der Waals surface area contributed by atoms with Crippen LogP contribution < -0.4 is 32.7 Å². The number of hydrogen-bond acceptors (Lipinski definition) is 12. The maximum absolute atomic E-state index is 10.7. The van der Waals surface area contributed by atoms with E-state index in [9.17, 15) is 45.5 Å². The largest absolute Gasteiger partial charge is 2.00 e. The number of alkyl halides is 6. The van der Waals surface area contributed by atoms with Gasteiger partial charge in [0.2, 0.25) is 11.8 Å². The van der Waals surface area contributed by atoms with Gasteiger partial charge in [-0.2, -0.15) is 26.3 Å². The molecule has 25 heteroatoms. The molecule has 0 aliphatic rings. The first-order chi connectivity index (χ1) is 33.0. The van der Waals surface area contributed by atoms with Crippen LogP contribution in [0, 0.1) is 0 Å². The summed E-state index contributed by atoms with van der Waals surface area (Å²) in [6.07, 6.45) is 9.89. The molecule has 6 rings (SSSR count). The molecular weight excluding hydrogens is 1130 g/mol. The minimum Gasteiger partial charge on any atom is -0.741 e. The second-order valence-corrected chi connectivity index (χ2v) is 22.1. The van der Waals surface area contributed by atoms with Crippen LogP contribution in [-0.4, -0.2) is 82.6 Å². The molecule has 0 spiro atoms. The number of benzene rings is 4. The average Bonchev–Trinajstić information content (AvgIpc) is 3.30. The van der Waals surface area contributed by atoms with Crippen molar-refractivity contribution in [3.63, 3.8) is 0 Å². The molecule has 0 radical (unpaired) electrons. The summed E-state index contributed by atoms with van der Waals surface area (Å²) in [4.78, 5) is 47.1. The van der Waals surface area contributed by atoms with Gasteiger partial charge >= 0.3 is 31.4 Å². The molecule has 0 fully saturated rings. The van der Waals surface area contributed by atoms with E-state index in [0.29, 0.717) is 11.1 Å². The molecule has 392 valence electrons. The van der Waals surface area contributed by atoms with Crippen LogP contribution in [-0.2, 0) is 50.2 Å². The zero-order chi connectivity index (χ0) is 54.3. The van der Waals surface area contributed by atoms with Crippen molar-refractivity contribution in [1.82, 2.24) is 9.97 Å². The van der Waals surface area contributed by atoms with E-state index in [4.69, 9.17) is 37.4 Å². The topological polar surface area (TPSA) is 260 Å². The predicted octanol–water partition coefficient (Wildman–Crippen LogP) is 6.76. The molecule has 0 unspecified atom stereocenters. The number of aromatic nitrogens is 2. The van der Waals surface area contributed by atoms with E-state index in [-0.39, 0.29) is 32.0 Å². The van der Waals surface area contributed by atoms with Gasteiger partial charge in [0.25, 0.3) is 0 Å². The number of ketones is 2.